The maximum atomic E-state index is 12.2. The highest BCUT2D eigenvalue weighted by molar-refractivity contribution is 5.74. The van der Waals surface area contributed by atoms with E-state index in [4.69, 9.17) is 0 Å². The van der Waals surface area contributed by atoms with Gasteiger partial charge in [-0.25, -0.2) is 0 Å². The minimum Gasteiger partial charge on any atom is -0.480 e. The second-order valence-electron chi connectivity index (χ2n) is 6.20. The highest BCUT2D eigenvalue weighted by atomic mass is 19.4. The second-order valence-corrected chi connectivity index (χ2v) is 6.20. The van der Waals surface area contributed by atoms with E-state index < -0.39 is 18.4 Å². The summed E-state index contributed by atoms with van der Waals surface area (Å²) in [5, 5.41) is 9.37. The van der Waals surface area contributed by atoms with Gasteiger partial charge in [-0.1, -0.05) is 12.1 Å². The van der Waals surface area contributed by atoms with E-state index in [1.165, 1.54) is 12.1 Å². The summed E-state index contributed by atoms with van der Waals surface area (Å²) >= 11 is 0. The molecule has 7 heteroatoms. The summed E-state index contributed by atoms with van der Waals surface area (Å²) in [6.45, 7) is 0.435. The van der Waals surface area contributed by atoms with Crippen molar-refractivity contribution in [2.24, 2.45) is 5.92 Å². The van der Waals surface area contributed by atoms with Crippen molar-refractivity contribution in [2.75, 3.05) is 0 Å². The van der Waals surface area contributed by atoms with Gasteiger partial charge >= 0.3 is 12.3 Å². The Morgan fingerprint density at radius 2 is 1.83 bits per heavy atom. The van der Waals surface area contributed by atoms with Crippen molar-refractivity contribution >= 4 is 5.97 Å². The van der Waals surface area contributed by atoms with Crippen LogP contribution in [0.1, 0.15) is 31.2 Å². The average Bonchev–Trinajstić information content (AvgIpc) is 3.20. The van der Waals surface area contributed by atoms with Gasteiger partial charge in [-0.2, -0.15) is 0 Å². The number of aliphatic carboxylic acids is 1. The Morgan fingerprint density at radius 3 is 2.35 bits per heavy atom. The Hall–Kier alpha value is -1.76. The number of ether oxygens (including phenoxy) is 1. The number of benzene rings is 1. The SMILES string of the molecule is O=C(O)[C@@H]1CC[C@@H](C2CC2)N1Cc1ccc(OC(F)(F)F)cc1. The van der Waals surface area contributed by atoms with E-state index in [1.54, 1.807) is 12.1 Å². The van der Waals surface area contributed by atoms with Crippen LogP contribution in [0.15, 0.2) is 24.3 Å². The van der Waals surface area contributed by atoms with E-state index in [2.05, 4.69) is 4.74 Å². The van der Waals surface area contributed by atoms with Crippen LogP contribution in [0.5, 0.6) is 5.75 Å². The highest BCUT2D eigenvalue weighted by Crippen LogP contribution is 2.42. The van der Waals surface area contributed by atoms with E-state index >= 15 is 0 Å². The molecule has 3 rings (SSSR count). The van der Waals surface area contributed by atoms with Gasteiger partial charge in [0, 0.05) is 12.6 Å². The summed E-state index contributed by atoms with van der Waals surface area (Å²) in [5.41, 5.74) is 0.790. The first-order valence-electron chi connectivity index (χ1n) is 7.67. The van der Waals surface area contributed by atoms with E-state index in [9.17, 15) is 23.1 Å². The number of likely N-dealkylation sites (tertiary alicyclic amines) is 1. The molecule has 23 heavy (non-hydrogen) atoms. The molecule has 1 saturated carbocycles. The fourth-order valence-corrected chi connectivity index (χ4v) is 3.38. The summed E-state index contributed by atoms with van der Waals surface area (Å²) in [6, 6.07) is 5.40. The number of alkyl halides is 3. The Bertz CT molecular complexity index is 569. The first-order valence-corrected chi connectivity index (χ1v) is 7.67. The number of carboxylic acid groups (broad SMARTS) is 1. The molecule has 1 aromatic rings. The Balaban J connectivity index is 1.70. The van der Waals surface area contributed by atoms with Crippen LogP contribution in [0.25, 0.3) is 0 Å². The lowest BCUT2D eigenvalue weighted by atomic mass is 10.1. The van der Waals surface area contributed by atoms with Crippen LogP contribution in [0.2, 0.25) is 0 Å². The highest BCUT2D eigenvalue weighted by Gasteiger charge is 2.44. The summed E-state index contributed by atoms with van der Waals surface area (Å²) in [6.07, 6.45) is -0.942. The van der Waals surface area contributed by atoms with Crippen LogP contribution in [-0.2, 0) is 11.3 Å². The molecule has 0 aromatic heterocycles. The zero-order chi connectivity index (χ0) is 16.6. The van der Waals surface area contributed by atoms with Crippen molar-refractivity contribution in [3.05, 3.63) is 29.8 Å². The summed E-state index contributed by atoms with van der Waals surface area (Å²) in [4.78, 5) is 13.4. The normalized spacial score (nSPS) is 25.5. The molecular formula is C16H18F3NO3. The lowest BCUT2D eigenvalue weighted by Crippen LogP contribution is -2.41. The molecule has 2 fully saturated rings. The number of halogens is 3. The van der Waals surface area contributed by atoms with Crippen molar-refractivity contribution < 1.29 is 27.8 Å². The molecule has 1 N–H and O–H groups in total. The topological polar surface area (TPSA) is 49.8 Å². The predicted octanol–water partition coefficient (Wildman–Crippen LogP) is 3.41. The van der Waals surface area contributed by atoms with Gasteiger partial charge in [0.05, 0.1) is 0 Å². The van der Waals surface area contributed by atoms with Gasteiger partial charge in [-0.15, -0.1) is 13.2 Å². The zero-order valence-electron chi connectivity index (χ0n) is 12.4. The van der Waals surface area contributed by atoms with Gasteiger partial charge in [0.1, 0.15) is 11.8 Å². The third-order valence-electron chi connectivity index (χ3n) is 4.54. The number of rotatable bonds is 5. The molecule has 1 aromatic carbocycles. The van der Waals surface area contributed by atoms with E-state index in [0.717, 1.165) is 24.8 Å². The van der Waals surface area contributed by atoms with E-state index in [1.807, 2.05) is 4.90 Å². The third kappa shape index (κ3) is 3.96. The predicted molar refractivity (Wildman–Crippen MR) is 75.8 cm³/mol. The molecule has 0 unspecified atom stereocenters. The number of hydrogen-bond acceptors (Lipinski definition) is 3. The summed E-state index contributed by atoms with van der Waals surface area (Å²) in [7, 11) is 0. The van der Waals surface area contributed by atoms with Crippen LogP contribution in [0.4, 0.5) is 13.2 Å². The van der Waals surface area contributed by atoms with Crippen molar-refractivity contribution in [2.45, 2.75) is 50.7 Å². The molecule has 126 valence electrons. The first kappa shape index (κ1) is 16.1. The number of carbonyl (C=O) groups is 1. The number of carboxylic acids is 1. The van der Waals surface area contributed by atoms with Crippen LogP contribution in [-0.4, -0.2) is 34.4 Å². The first-order chi connectivity index (χ1) is 10.8. The number of hydrogen-bond donors (Lipinski definition) is 1. The molecular weight excluding hydrogens is 311 g/mol. The Labute approximate surface area is 131 Å². The maximum absolute atomic E-state index is 12.2. The van der Waals surface area contributed by atoms with Gasteiger partial charge in [-0.3, -0.25) is 9.69 Å². The average molecular weight is 329 g/mol. The molecule has 0 spiro atoms. The lowest BCUT2D eigenvalue weighted by Gasteiger charge is -2.28. The Kier molecular flexibility index (Phi) is 4.23. The van der Waals surface area contributed by atoms with Gasteiger partial charge in [-0.05, 0) is 49.3 Å². The van der Waals surface area contributed by atoms with Crippen LogP contribution >= 0.6 is 0 Å². The second kappa shape index (κ2) is 6.03. The standard InChI is InChI=1S/C16H18F3NO3/c17-16(18,19)23-12-5-1-10(2-6-12)9-20-13(11-3-4-11)7-8-14(20)15(21)22/h1-2,5-6,11,13-14H,3-4,7-9H2,(H,21,22)/t13-,14-/m0/s1. The summed E-state index contributed by atoms with van der Waals surface area (Å²) < 4.78 is 40.3. The molecule has 1 heterocycles. The molecule has 0 amide bonds. The maximum Gasteiger partial charge on any atom is 0.573 e. The van der Waals surface area contributed by atoms with Gasteiger partial charge < -0.3 is 9.84 Å². The molecule has 2 aliphatic rings. The molecule has 2 atom stereocenters. The fourth-order valence-electron chi connectivity index (χ4n) is 3.38. The zero-order valence-corrected chi connectivity index (χ0v) is 12.4. The minimum atomic E-state index is -4.71. The van der Waals surface area contributed by atoms with E-state index in [-0.39, 0.29) is 11.8 Å². The van der Waals surface area contributed by atoms with Crippen LogP contribution < -0.4 is 4.74 Å². The smallest absolute Gasteiger partial charge is 0.480 e. The van der Waals surface area contributed by atoms with Crippen molar-refractivity contribution in [3.63, 3.8) is 0 Å². The quantitative estimate of drug-likeness (QED) is 0.899. The van der Waals surface area contributed by atoms with Gasteiger partial charge in [0.2, 0.25) is 0 Å². The monoisotopic (exact) mass is 329 g/mol. The van der Waals surface area contributed by atoms with Crippen LogP contribution in [0.3, 0.4) is 0 Å². The Morgan fingerprint density at radius 1 is 1.17 bits per heavy atom. The molecule has 1 aliphatic heterocycles. The summed E-state index contributed by atoms with van der Waals surface area (Å²) in [5.74, 6) is -0.534. The van der Waals surface area contributed by atoms with Gasteiger partial charge in [0.15, 0.2) is 0 Å². The van der Waals surface area contributed by atoms with Crippen LogP contribution in [0, 0.1) is 5.92 Å². The third-order valence-corrected chi connectivity index (χ3v) is 4.54. The molecule has 1 aliphatic carbocycles. The number of nitrogens with zero attached hydrogens (tertiary/aromatic N) is 1. The van der Waals surface area contributed by atoms with Crippen molar-refractivity contribution in [1.29, 1.82) is 0 Å². The van der Waals surface area contributed by atoms with Crippen molar-refractivity contribution in [3.8, 4) is 5.75 Å². The fraction of sp³-hybridized carbons (Fsp3) is 0.562. The molecule has 0 bridgehead atoms. The minimum absolute atomic E-state index is 0.266. The van der Waals surface area contributed by atoms with Crippen molar-refractivity contribution in [1.82, 2.24) is 4.90 Å². The molecule has 0 radical (unpaired) electrons. The van der Waals surface area contributed by atoms with Gasteiger partial charge in [0.25, 0.3) is 0 Å². The molecule has 4 nitrogen and oxygen atoms in total. The lowest BCUT2D eigenvalue weighted by molar-refractivity contribution is -0.274. The molecule has 1 saturated heterocycles. The largest absolute Gasteiger partial charge is 0.573 e. The van der Waals surface area contributed by atoms with E-state index in [0.29, 0.717) is 18.9 Å².